The molecule has 15 heavy (non-hydrogen) atoms. The second-order valence-electron chi connectivity index (χ2n) is 4.10. The van der Waals surface area contributed by atoms with Crippen LogP contribution in [0.15, 0.2) is 22.8 Å². The number of carboxylic acid groups (broad SMARTS) is 1. The lowest BCUT2D eigenvalue weighted by Gasteiger charge is -2.32. The van der Waals surface area contributed by atoms with E-state index in [2.05, 4.69) is 20.9 Å². The number of amides is 1. The third-order valence-corrected chi connectivity index (χ3v) is 2.43. The Hall–Kier alpha value is -1.10. The van der Waals surface area contributed by atoms with Gasteiger partial charge >= 0.3 is 6.09 Å². The van der Waals surface area contributed by atoms with Gasteiger partial charge in [0.15, 0.2) is 5.82 Å². The van der Waals surface area contributed by atoms with E-state index in [1.165, 1.54) is 4.90 Å². The summed E-state index contributed by atoms with van der Waals surface area (Å²) in [5.74, 6) is 0.414. The summed E-state index contributed by atoms with van der Waals surface area (Å²) in [6.07, 6.45) is 0.559. The van der Waals surface area contributed by atoms with Crippen LogP contribution in [0, 0.1) is 0 Å². The van der Waals surface area contributed by atoms with Crippen molar-refractivity contribution in [2.45, 2.75) is 26.3 Å². The zero-order valence-electron chi connectivity index (χ0n) is 8.86. The van der Waals surface area contributed by atoms with Gasteiger partial charge < -0.3 is 5.11 Å². The van der Waals surface area contributed by atoms with E-state index in [1.807, 2.05) is 20.8 Å². The van der Waals surface area contributed by atoms with Crippen molar-refractivity contribution in [1.82, 2.24) is 4.98 Å². The van der Waals surface area contributed by atoms with Gasteiger partial charge in [-0.05, 0) is 48.8 Å². The van der Waals surface area contributed by atoms with Crippen molar-refractivity contribution in [1.29, 1.82) is 0 Å². The Morgan fingerprint density at radius 3 is 2.53 bits per heavy atom. The van der Waals surface area contributed by atoms with Gasteiger partial charge in [0.25, 0.3) is 0 Å². The molecule has 1 N–H and O–H groups in total. The number of rotatable bonds is 1. The zero-order valence-corrected chi connectivity index (χ0v) is 10.4. The highest BCUT2D eigenvalue weighted by molar-refractivity contribution is 9.10. The topological polar surface area (TPSA) is 53.4 Å². The maximum absolute atomic E-state index is 11.2. The van der Waals surface area contributed by atoms with E-state index < -0.39 is 11.6 Å². The van der Waals surface area contributed by atoms with Gasteiger partial charge in [-0.25, -0.2) is 9.78 Å². The molecule has 0 atom stereocenters. The van der Waals surface area contributed by atoms with Gasteiger partial charge in [-0.15, -0.1) is 0 Å². The Morgan fingerprint density at radius 1 is 1.53 bits per heavy atom. The first-order valence-electron chi connectivity index (χ1n) is 4.47. The molecule has 82 valence electrons. The molecule has 1 rings (SSSR count). The molecule has 1 aromatic heterocycles. The molecule has 0 aliphatic heterocycles. The first-order valence-corrected chi connectivity index (χ1v) is 5.27. The Bertz CT molecular complexity index is 374. The fourth-order valence-electron chi connectivity index (χ4n) is 1.24. The molecule has 0 saturated carbocycles. The van der Waals surface area contributed by atoms with Crippen molar-refractivity contribution in [2.24, 2.45) is 0 Å². The summed E-state index contributed by atoms with van der Waals surface area (Å²) in [7, 11) is 0. The van der Waals surface area contributed by atoms with E-state index in [9.17, 15) is 4.79 Å². The molecule has 4 nitrogen and oxygen atoms in total. The largest absolute Gasteiger partial charge is 0.465 e. The standard InChI is InChI=1S/C10H13BrN2O2/c1-10(2,3)13(9(14)15)8-7(11)5-4-6-12-8/h4-6H,1-3H3,(H,14,15). The average Bonchev–Trinajstić information content (AvgIpc) is 2.05. The van der Waals surface area contributed by atoms with Crippen LogP contribution in [-0.4, -0.2) is 21.7 Å². The second kappa shape index (κ2) is 4.18. The molecule has 0 bridgehead atoms. The van der Waals surface area contributed by atoms with E-state index in [4.69, 9.17) is 5.11 Å². The van der Waals surface area contributed by atoms with Crippen LogP contribution in [-0.2, 0) is 0 Å². The van der Waals surface area contributed by atoms with E-state index in [-0.39, 0.29) is 0 Å². The van der Waals surface area contributed by atoms with Gasteiger partial charge in [-0.2, -0.15) is 0 Å². The van der Waals surface area contributed by atoms with Gasteiger partial charge in [-0.3, -0.25) is 4.90 Å². The predicted octanol–water partition coefficient (Wildman–Crippen LogP) is 3.13. The molecular formula is C10H13BrN2O2. The van der Waals surface area contributed by atoms with Gasteiger partial charge in [0.05, 0.1) is 4.47 Å². The fourth-order valence-corrected chi connectivity index (χ4v) is 1.67. The van der Waals surface area contributed by atoms with E-state index >= 15 is 0 Å². The lowest BCUT2D eigenvalue weighted by Crippen LogP contribution is -2.45. The van der Waals surface area contributed by atoms with Crippen molar-refractivity contribution >= 4 is 27.8 Å². The van der Waals surface area contributed by atoms with Gasteiger partial charge in [0.2, 0.25) is 0 Å². The van der Waals surface area contributed by atoms with Crippen LogP contribution < -0.4 is 4.90 Å². The SMILES string of the molecule is CC(C)(C)N(C(=O)O)c1ncccc1Br. The van der Waals surface area contributed by atoms with Gasteiger partial charge in [-0.1, -0.05) is 0 Å². The highest BCUT2D eigenvalue weighted by atomic mass is 79.9. The van der Waals surface area contributed by atoms with Gasteiger partial charge in [0, 0.05) is 11.7 Å². The lowest BCUT2D eigenvalue weighted by molar-refractivity contribution is 0.195. The third-order valence-electron chi connectivity index (χ3n) is 1.81. The monoisotopic (exact) mass is 272 g/mol. The molecule has 0 aromatic carbocycles. The van der Waals surface area contributed by atoms with Crippen molar-refractivity contribution in [3.05, 3.63) is 22.8 Å². The fraction of sp³-hybridized carbons (Fsp3) is 0.400. The van der Waals surface area contributed by atoms with Crippen LogP contribution in [0.2, 0.25) is 0 Å². The Kier molecular flexibility index (Phi) is 3.34. The van der Waals surface area contributed by atoms with Crippen LogP contribution in [0.1, 0.15) is 20.8 Å². The molecule has 1 heterocycles. The number of hydrogen-bond acceptors (Lipinski definition) is 2. The molecule has 5 heteroatoms. The number of hydrogen-bond donors (Lipinski definition) is 1. The van der Waals surface area contributed by atoms with Crippen LogP contribution in [0.25, 0.3) is 0 Å². The molecular weight excluding hydrogens is 260 g/mol. The van der Waals surface area contributed by atoms with Crippen LogP contribution in [0.5, 0.6) is 0 Å². The van der Waals surface area contributed by atoms with Crippen molar-refractivity contribution in [3.63, 3.8) is 0 Å². The van der Waals surface area contributed by atoms with Crippen molar-refractivity contribution in [3.8, 4) is 0 Å². The molecule has 0 saturated heterocycles. The number of carbonyl (C=O) groups is 1. The van der Waals surface area contributed by atoms with Gasteiger partial charge in [0.1, 0.15) is 0 Å². The first-order chi connectivity index (χ1) is 6.84. The number of pyridine rings is 1. The minimum absolute atomic E-state index is 0.414. The second-order valence-corrected chi connectivity index (χ2v) is 4.95. The molecule has 0 aliphatic rings. The van der Waals surface area contributed by atoms with Crippen LogP contribution in [0.3, 0.4) is 0 Å². The molecule has 0 fully saturated rings. The van der Waals surface area contributed by atoms with Crippen molar-refractivity contribution < 1.29 is 9.90 Å². The predicted molar refractivity (Wildman–Crippen MR) is 62.2 cm³/mol. The molecule has 1 aromatic rings. The number of anilines is 1. The Morgan fingerprint density at radius 2 is 2.13 bits per heavy atom. The highest BCUT2D eigenvalue weighted by Crippen LogP contribution is 2.28. The minimum atomic E-state index is -1.01. The van der Waals surface area contributed by atoms with E-state index in [0.717, 1.165) is 0 Å². The minimum Gasteiger partial charge on any atom is -0.465 e. The summed E-state index contributed by atoms with van der Waals surface area (Å²) >= 11 is 3.29. The number of nitrogens with zero attached hydrogens (tertiary/aromatic N) is 2. The first kappa shape index (κ1) is 12.0. The average molecular weight is 273 g/mol. The summed E-state index contributed by atoms with van der Waals surface area (Å²) in [4.78, 5) is 16.5. The quantitative estimate of drug-likeness (QED) is 0.855. The van der Waals surface area contributed by atoms with Crippen LogP contribution in [0.4, 0.5) is 10.6 Å². The lowest BCUT2D eigenvalue weighted by atomic mass is 10.1. The van der Waals surface area contributed by atoms with E-state index in [0.29, 0.717) is 10.3 Å². The summed E-state index contributed by atoms with van der Waals surface area (Å²) < 4.78 is 0.669. The number of aromatic nitrogens is 1. The third kappa shape index (κ3) is 2.68. The highest BCUT2D eigenvalue weighted by Gasteiger charge is 2.30. The van der Waals surface area contributed by atoms with E-state index in [1.54, 1.807) is 18.3 Å². The zero-order chi connectivity index (χ0) is 11.6. The summed E-state index contributed by atoms with van der Waals surface area (Å²) in [6, 6.07) is 3.51. The molecule has 0 unspecified atom stereocenters. The normalized spacial score (nSPS) is 11.2. The molecule has 0 aliphatic carbocycles. The maximum atomic E-state index is 11.2. The number of halogens is 1. The van der Waals surface area contributed by atoms with Crippen LogP contribution >= 0.6 is 15.9 Å². The molecule has 0 spiro atoms. The Balaban J connectivity index is 3.23. The smallest absolute Gasteiger partial charge is 0.413 e. The molecule has 0 radical (unpaired) electrons. The Labute approximate surface area is 97.1 Å². The summed E-state index contributed by atoms with van der Waals surface area (Å²) in [5.41, 5.74) is -0.525. The summed E-state index contributed by atoms with van der Waals surface area (Å²) in [5, 5.41) is 9.15. The summed E-state index contributed by atoms with van der Waals surface area (Å²) in [6.45, 7) is 5.46. The molecule has 1 amide bonds. The van der Waals surface area contributed by atoms with Crippen molar-refractivity contribution in [2.75, 3.05) is 4.90 Å². The maximum Gasteiger partial charge on any atom is 0.413 e.